The second-order valence-corrected chi connectivity index (χ2v) is 6.33. The summed E-state index contributed by atoms with van der Waals surface area (Å²) in [7, 11) is 0. The summed E-state index contributed by atoms with van der Waals surface area (Å²) in [5.74, 6) is 0.739. The first-order valence-electron chi connectivity index (χ1n) is 6.87. The number of nitrogens with zero attached hydrogens (tertiary/aromatic N) is 1. The summed E-state index contributed by atoms with van der Waals surface area (Å²) >= 11 is 3.52. The maximum atomic E-state index is 12.2. The maximum Gasteiger partial charge on any atom is 0.231 e. The van der Waals surface area contributed by atoms with E-state index in [1.807, 2.05) is 26.8 Å². The Morgan fingerprint density at radius 1 is 1.47 bits per heavy atom. The first kappa shape index (κ1) is 14.5. The van der Waals surface area contributed by atoms with Gasteiger partial charge in [0.05, 0.1) is 0 Å². The van der Waals surface area contributed by atoms with Gasteiger partial charge in [0.2, 0.25) is 5.91 Å². The van der Waals surface area contributed by atoms with E-state index in [9.17, 15) is 4.79 Å². The molecule has 4 heteroatoms. The Kier molecular flexibility index (Phi) is 4.29. The molecule has 3 nitrogen and oxygen atoms in total. The number of alkyl halides is 1. The Morgan fingerprint density at radius 2 is 2.21 bits per heavy atom. The molecule has 0 spiro atoms. The highest BCUT2D eigenvalue weighted by atomic mass is 79.9. The van der Waals surface area contributed by atoms with E-state index < -0.39 is 0 Å². The Balaban J connectivity index is 2.25. The fraction of sp³-hybridized carbons (Fsp3) is 0.600. The van der Waals surface area contributed by atoms with E-state index in [0.29, 0.717) is 5.82 Å². The van der Waals surface area contributed by atoms with Crippen molar-refractivity contribution in [3.63, 3.8) is 0 Å². The highest BCUT2D eigenvalue weighted by Gasteiger charge is 2.26. The molecule has 0 aliphatic heterocycles. The molecule has 0 unspecified atom stereocenters. The van der Waals surface area contributed by atoms with Crippen molar-refractivity contribution in [1.29, 1.82) is 0 Å². The summed E-state index contributed by atoms with van der Waals surface area (Å²) in [6.07, 6.45) is 4.11. The van der Waals surface area contributed by atoms with Crippen molar-refractivity contribution in [3.8, 4) is 0 Å². The lowest BCUT2D eigenvalue weighted by atomic mass is 9.89. The van der Waals surface area contributed by atoms with E-state index in [2.05, 4.69) is 26.2 Å². The van der Waals surface area contributed by atoms with Gasteiger partial charge in [-0.15, -0.1) is 0 Å². The largest absolute Gasteiger partial charge is 0.310 e. The molecule has 104 valence electrons. The zero-order valence-electron chi connectivity index (χ0n) is 11.8. The molecule has 0 aromatic carbocycles. The number of anilines is 1. The molecule has 1 N–H and O–H groups in total. The van der Waals surface area contributed by atoms with Gasteiger partial charge in [0, 0.05) is 16.4 Å². The summed E-state index contributed by atoms with van der Waals surface area (Å²) in [5.41, 5.74) is 3.42. The van der Waals surface area contributed by atoms with Crippen molar-refractivity contribution in [1.82, 2.24) is 4.98 Å². The minimum Gasteiger partial charge on any atom is -0.310 e. The van der Waals surface area contributed by atoms with Crippen LogP contribution in [0, 0.1) is 5.41 Å². The van der Waals surface area contributed by atoms with Crippen molar-refractivity contribution in [2.24, 2.45) is 5.41 Å². The average Bonchev–Trinajstić information content (AvgIpc) is 2.85. The fourth-order valence-corrected chi connectivity index (χ4v) is 2.76. The van der Waals surface area contributed by atoms with Crippen molar-refractivity contribution in [2.45, 2.75) is 51.8 Å². The topological polar surface area (TPSA) is 42.0 Å². The third kappa shape index (κ3) is 2.99. The van der Waals surface area contributed by atoms with Crippen LogP contribution in [0.3, 0.4) is 0 Å². The van der Waals surface area contributed by atoms with Crippen LogP contribution < -0.4 is 5.32 Å². The third-order valence-electron chi connectivity index (χ3n) is 4.03. The van der Waals surface area contributed by atoms with Crippen LogP contribution in [0.2, 0.25) is 0 Å². The number of carbonyl (C=O) groups excluding carboxylic acids is 1. The van der Waals surface area contributed by atoms with Crippen LogP contribution in [0.15, 0.2) is 6.07 Å². The predicted octanol–water partition coefficient (Wildman–Crippen LogP) is 3.84. The van der Waals surface area contributed by atoms with Gasteiger partial charge in [-0.05, 0) is 42.9 Å². The lowest BCUT2D eigenvalue weighted by Crippen LogP contribution is -2.30. The lowest BCUT2D eigenvalue weighted by Gasteiger charge is -2.21. The summed E-state index contributed by atoms with van der Waals surface area (Å²) in [6, 6.07) is 2.00. The molecule has 1 aromatic heterocycles. The van der Waals surface area contributed by atoms with Gasteiger partial charge in [0.1, 0.15) is 5.82 Å². The van der Waals surface area contributed by atoms with E-state index in [0.717, 1.165) is 30.3 Å². The first-order chi connectivity index (χ1) is 8.97. The highest BCUT2D eigenvalue weighted by molar-refractivity contribution is 9.08. The number of pyridine rings is 1. The minimum atomic E-state index is -0.352. The van der Waals surface area contributed by atoms with Gasteiger partial charge in [0.25, 0.3) is 0 Å². The second kappa shape index (κ2) is 5.61. The van der Waals surface area contributed by atoms with Gasteiger partial charge < -0.3 is 5.32 Å². The van der Waals surface area contributed by atoms with Crippen molar-refractivity contribution >= 4 is 27.7 Å². The van der Waals surface area contributed by atoms with E-state index >= 15 is 0 Å². The van der Waals surface area contributed by atoms with E-state index in [1.165, 1.54) is 17.5 Å². The monoisotopic (exact) mass is 324 g/mol. The third-order valence-corrected chi connectivity index (χ3v) is 4.63. The SMILES string of the molecule is CCC(C)(C)C(=O)Nc1cc(CBr)c2c(n1)CCC2. The number of amides is 1. The molecular weight excluding hydrogens is 304 g/mol. The molecule has 2 rings (SSSR count). The predicted molar refractivity (Wildman–Crippen MR) is 81.6 cm³/mol. The Hall–Kier alpha value is -0.900. The number of aryl methyl sites for hydroxylation is 1. The van der Waals surface area contributed by atoms with Crippen molar-refractivity contribution < 1.29 is 4.79 Å². The second-order valence-electron chi connectivity index (χ2n) is 5.77. The molecule has 0 radical (unpaired) electrons. The van der Waals surface area contributed by atoms with Gasteiger partial charge in [-0.3, -0.25) is 4.79 Å². The number of aromatic nitrogens is 1. The van der Waals surface area contributed by atoms with Crippen LogP contribution in [0.4, 0.5) is 5.82 Å². The summed E-state index contributed by atoms with van der Waals surface area (Å²) < 4.78 is 0. The van der Waals surface area contributed by atoms with E-state index in [4.69, 9.17) is 0 Å². The van der Waals surface area contributed by atoms with Gasteiger partial charge in [-0.2, -0.15) is 0 Å². The molecule has 0 atom stereocenters. The molecule has 0 bridgehead atoms. The number of halogens is 1. The normalized spacial score (nSPS) is 14.3. The summed E-state index contributed by atoms with van der Waals surface area (Å²) in [4.78, 5) is 16.8. The maximum absolute atomic E-state index is 12.2. The van der Waals surface area contributed by atoms with E-state index in [1.54, 1.807) is 0 Å². The van der Waals surface area contributed by atoms with Crippen LogP contribution in [-0.2, 0) is 23.0 Å². The number of fused-ring (bicyclic) bond motifs is 1. The van der Waals surface area contributed by atoms with Crippen LogP contribution in [0.5, 0.6) is 0 Å². The summed E-state index contributed by atoms with van der Waals surface area (Å²) in [6.45, 7) is 5.95. The van der Waals surface area contributed by atoms with Crippen LogP contribution >= 0.6 is 15.9 Å². The Bertz CT molecular complexity index is 497. The molecule has 0 fully saturated rings. The summed E-state index contributed by atoms with van der Waals surface area (Å²) in [5, 5.41) is 3.78. The molecule has 1 aliphatic carbocycles. The first-order valence-corrected chi connectivity index (χ1v) is 7.99. The quantitative estimate of drug-likeness (QED) is 0.855. The smallest absolute Gasteiger partial charge is 0.231 e. The number of hydrogen-bond donors (Lipinski definition) is 1. The van der Waals surface area contributed by atoms with Crippen molar-refractivity contribution in [2.75, 3.05) is 5.32 Å². The molecule has 1 amide bonds. The molecule has 1 aromatic rings. The number of hydrogen-bond acceptors (Lipinski definition) is 2. The molecular formula is C15H21BrN2O. The molecule has 0 saturated carbocycles. The Labute approximate surface area is 123 Å². The molecule has 0 saturated heterocycles. The van der Waals surface area contributed by atoms with Gasteiger partial charge in [-0.1, -0.05) is 36.7 Å². The highest BCUT2D eigenvalue weighted by Crippen LogP contribution is 2.29. The van der Waals surface area contributed by atoms with Crippen LogP contribution in [0.25, 0.3) is 0 Å². The van der Waals surface area contributed by atoms with Gasteiger partial charge >= 0.3 is 0 Å². The molecule has 1 heterocycles. The standard InChI is InChI=1S/C15H21BrN2O/c1-4-15(2,3)14(19)18-13-8-10(9-16)11-6-5-7-12(11)17-13/h8H,4-7,9H2,1-3H3,(H,17,18,19). The number of nitrogens with one attached hydrogen (secondary N) is 1. The number of rotatable bonds is 4. The van der Waals surface area contributed by atoms with Gasteiger partial charge in [-0.25, -0.2) is 4.98 Å². The average molecular weight is 325 g/mol. The minimum absolute atomic E-state index is 0.0426. The lowest BCUT2D eigenvalue weighted by molar-refractivity contribution is -0.124. The van der Waals surface area contributed by atoms with Crippen LogP contribution in [0.1, 0.15) is 50.4 Å². The van der Waals surface area contributed by atoms with Crippen LogP contribution in [-0.4, -0.2) is 10.9 Å². The molecule has 1 aliphatic rings. The zero-order chi connectivity index (χ0) is 14.0. The number of carbonyl (C=O) groups is 1. The van der Waals surface area contributed by atoms with Gasteiger partial charge in [0.15, 0.2) is 0 Å². The fourth-order valence-electron chi connectivity index (χ4n) is 2.26. The van der Waals surface area contributed by atoms with E-state index in [-0.39, 0.29) is 11.3 Å². The molecule has 19 heavy (non-hydrogen) atoms. The van der Waals surface area contributed by atoms with Crippen molar-refractivity contribution in [3.05, 3.63) is 22.9 Å². The Morgan fingerprint density at radius 3 is 2.84 bits per heavy atom. The zero-order valence-corrected chi connectivity index (χ0v) is 13.4.